The van der Waals surface area contributed by atoms with Crippen LogP contribution >= 0.6 is 43.5 Å². The number of halogens is 3. The molecule has 15 heavy (non-hydrogen) atoms. The van der Waals surface area contributed by atoms with Crippen molar-refractivity contribution in [1.82, 2.24) is 0 Å². The summed E-state index contributed by atoms with van der Waals surface area (Å²) in [6.45, 7) is 0. The van der Waals surface area contributed by atoms with Crippen LogP contribution in [0, 0.1) is 0 Å². The van der Waals surface area contributed by atoms with Crippen LogP contribution < -0.4 is 0 Å². The average molecular weight is 356 g/mol. The number of carboxylic acid groups (broad SMARTS) is 1. The third kappa shape index (κ3) is 3.29. The molecule has 0 heterocycles. The molecule has 0 amide bonds. The van der Waals surface area contributed by atoms with Crippen molar-refractivity contribution in [2.45, 2.75) is 6.42 Å². The zero-order valence-electron chi connectivity index (χ0n) is 7.26. The molecule has 1 aromatic carbocycles. The number of hydrogen-bond donors (Lipinski definition) is 1. The van der Waals surface area contributed by atoms with Gasteiger partial charge >= 0.3 is 5.97 Å². The van der Waals surface area contributed by atoms with Crippen molar-refractivity contribution >= 4 is 54.7 Å². The lowest BCUT2D eigenvalue weighted by Gasteiger charge is -2.07. The van der Waals surface area contributed by atoms with Gasteiger partial charge in [-0.25, -0.2) is 0 Å². The van der Waals surface area contributed by atoms with Gasteiger partial charge in [0.25, 0.3) is 5.24 Å². The second-order valence-corrected chi connectivity index (χ2v) is 4.87. The van der Waals surface area contributed by atoms with Gasteiger partial charge < -0.3 is 5.11 Å². The third-order valence-corrected chi connectivity index (χ3v) is 3.07. The highest BCUT2D eigenvalue weighted by atomic mass is 79.9. The standard InChI is InChI=1S/C9H5Br2ClO3/c10-4-1-6(9(12)15)5(3-8(13)14)7(11)2-4/h1-2H,3H2,(H,13,14). The molecule has 0 aliphatic rings. The Morgan fingerprint density at radius 2 is 1.93 bits per heavy atom. The van der Waals surface area contributed by atoms with Gasteiger partial charge in [0.1, 0.15) is 0 Å². The van der Waals surface area contributed by atoms with E-state index in [2.05, 4.69) is 31.9 Å². The maximum atomic E-state index is 11.1. The van der Waals surface area contributed by atoms with Crippen molar-refractivity contribution in [3.63, 3.8) is 0 Å². The van der Waals surface area contributed by atoms with Crippen LogP contribution in [0.2, 0.25) is 0 Å². The molecule has 1 aromatic rings. The first kappa shape index (κ1) is 12.7. The van der Waals surface area contributed by atoms with Gasteiger partial charge in [0.2, 0.25) is 0 Å². The molecule has 3 nitrogen and oxygen atoms in total. The number of carbonyl (C=O) groups excluding carboxylic acids is 1. The monoisotopic (exact) mass is 354 g/mol. The quantitative estimate of drug-likeness (QED) is 0.846. The molecule has 0 atom stereocenters. The molecule has 0 saturated carbocycles. The predicted molar refractivity (Wildman–Crippen MR) is 63.4 cm³/mol. The molecule has 0 aliphatic carbocycles. The Morgan fingerprint density at radius 3 is 2.40 bits per heavy atom. The molecule has 0 unspecified atom stereocenters. The fourth-order valence-corrected chi connectivity index (χ4v) is 2.64. The summed E-state index contributed by atoms with van der Waals surface area (Å²) < 4.78 is 1.20. The molecule has 0 radical (unpaired) electrons. The minimum atomic E-state index is -1.02. The average Bonchev–Trinajstić information content (AvgIpc) is 2.08. The van der Waals surface area contributed by atoms with Gasteiger partial charge in [-0.05, 0) is 29.3 Å². The number of rotatable bonds is 3. The third-order valence-electron chi connectivity index (χ3n) is 1.70. The van der Waals surface area contributed by atoms with Gasteiger partial charge in [0, 0.05) is 14.5 Å². The van der Waals surface area contributed by atoms with Gasteiger partial charge in [0.05, 0.1) is 6.42 Å². The van der Waals surface area contributed by atoms with E-state index in [4.69, 9.17) is 16.7 Å². The van der Waals surface area contributed by atoms with Crippen LogP contribution in [0.3, 0.4) is 0 Å². The van der Waals surface area contributed by atoms with E-state index in [1.54, 1.807) is 6.07 Å². The maximum absolute atomic E-state index is 11.1. The van der Waals surface area contributed by atoms with Gasteiger partial charge in [-0.1, -0.05) is 31.9 Å². The second-order valence-electron chi connectivity index (χ2n) is 2.76. The van der Waals surface area contributed by atoms with Crippen molar-refractivity contribution in [2.75, 3.05) is 0 Å². The fourth-order valence-electron chi connectivity index (χ4n) is 1.11. The molecule has 80 valence electrons. The van der Waals surface area contributed by atoms with Crippen molar-refractivity contribution in [2.24, 2.45) is 0 Å². The Morgan fingerprint density at radius 1 is 1.33 bits per heavy atom. The van der Waals surface area contributed by atoms with E-state index >= 15 is 0 Å². The molecular formula is C9H5Br2ClO3. The van der Waals surface area contributed by atoms with E-state index in [1.165, 1.54) is 6.07 Å². The van der Waals surface area contributed by atoms with Crippen LogP contribution in [0.4, 0.5) is 0 Å². The lowest BCUT2D eigenvalue weighted by molar-refractivity contribution is -0.136. The molecule has 6 heteroatoms. The minimum absolute atomic E-state index is 0.195. The molecule has 0 aliphatic heterocycles. The smallest absolute Gasteiger partial charge is 0.307 e. The van der Waals surface area contributed by atoms with Crippen LogP contribution in [0.1, 0.15) is 15.9 Å². The van der Waals surface area contributed by atoms with Crippen LogP contribution in [0.15, 0.2) is 21.1 Å². The van der Waals surface area contributed by atoms with E-state index in [1.807, 2.05) is 0 Å². The molecule has 1 rings (SSSR count). The van der Waals surface area contributed by atoms with Crippen molar-refractivity contribution in [1.29, 1.82) is 0 Å². The van der Waals surface area contributed by atoms with Gasteiger partial charge in [-0.2, -0.15) is 0 Å². The SMILES string of the molecule is O=C(O)Cc1c(Br)cc(Br)cc1C(=O)Cl. The number of aliphatic carboxylic acids is 1. The van der Waals surface area contributed by atoms with Crippen molar-refractivity contribution in [3.8, 4) is 0 Å². The molecule has 1 N–H and O–H groups in total. The van der Waals surface area contributed by atoms with E-state index in [9.17, 15) is 9.59 Å². The molecule has 0 aromatic heterocycles. The lowest BCUT2D eigenvalue weighted by atomic mass is 10.1. The normalized spacial score (nSPS) is 10.1. The highest BCUT2D eigenvalue weighted by Crippen LogP contribution is 2.27. The Kier molecular flexibility index (Phi) is 4.31. The Bertz CT molecular complexity index is 432. The first-order valence-corrected chi connectivity index (χ1v) is 5.77. The first-order chi connectivity index (χ1) is 6.91. The van der Waals surface area contributed by atoms with Crippen LogP contribution in [0.5, 0.6) is 0 Å². The number of benzene rings is 1. The van der Waals surface area contributed by atoms with Gasteiger partial charge in [-0.3, -0.25) is 9.59 Å². The van der Waals surface area contributed by atoms with E-state index in [0.717, 1.165) is 0 Å². The Labute approximate surface area is 108 Å². The molecule has 0 fully saturated rings. The highest BCUT2D eigenvalue weighted by Gasteiger charge is 2.16. The highest BCUT2D eigenvalue weighted by molar-refractivity contribution is 9.11. The van der Waals surface area contributed by atoms with Gasteiger partial charge in [0.15, 0.2) is 0 Å². The number of carboxylic acids is 1. The van der Waals surface area contributed by atoms with Crippen LogP contribution in [0.25, 0.3) is 0 Å². The van der Waals surface area contributed by atoms with E-state index < -0.39 is 11.2 Å². The lowest BCUT2D eigenvalue weighted by Crippen LogP contribution is -2.06. The summed E-state index contributed by atoms with van der Waals surface area (Å²) in [5, 5.41) is 8.01. The largest absolute Gasteiger partial charge is 0.481 e. The fraction of sp³-hybridized carbons (Fsp3) is 0.111. The second kappa shape index (κ2) is 5.09. The Hall–Kier alpha value is -0.390. The zero-order valence-corrected chi connectivity index (χ0v) is 11.2. The van der Waals surface area contributed by atoms with Crippen LogP contribution in [-0.4, -0.2) is 16.3 Å². The number of carbonyl (C=O) groups is 2. The van der Waals surface area contributed by atoms with Gasteiger partial charge in [-0.15, -0.1) is 0 Å². The Balaban J connectivity index is 3.33. The summed E-state index contributed by atoms with van der Waals surface area (Å²) in [5.74, 6) is -1.02. The zero-order chi connectivity index (χ0) is 11.6. The topological polar surface area (TPSA) is 54.4 Å². The molecular weight excluding hydrogens is 351 g/mol. The molecule has 0 spiro atoms. The summed E-state index contributed by atoms with van der Waals surface area (Å²) in [5.41, 5.74) is 0.575. The van der Waals surface area contributed by atoms with E-state index in [-0.39, 0.29) is 12.0 Å². The summed E-state index contributed by atoms with van der Waals surface area (Å²) in [7, 11) is 0. The molecule has 0 saturated heterocycles. The summed E-state index contributed by atoms with van der Waals surface area (Å²) >= 11 is 11.7. The number of hydrogen-bond acceptors (Lipinski definition) is 2. The summed E-state index contributed by atoms with van der Waals surface area (Å²) in [6.07, 6.45) is -0.248. The summed E-state index contributed by atoms with van der Waals surface area (Å²) in [6, 6.07) is 3.17. The summed E-state index contributed by atoms with van der Waals surface area (Å²) in [4.78, 5) is 21.7. The van der Waals surface area contributed by atoms with Crippen molar-refractivity contribution < 1.29 is 14.7 Å². The van der Waals surface area contributed by atoms with E-state index in [0.29, 0.717) is 14.5 Å². The maximum Gasteiger partial charge on any atom is 0.307 e. The van der Waals surface area contributed by atoms with Crippen LogP contribution in [-0.2, 0) is 11.2 Å². The minimum Gasteiger partial charge on any atom is -0.481 e. The first-order valence-electron chi connectivity index (χ1n) is 3.81. The van der Waals surface area contributed by atoms with Crippen molar-refractivity contribution in [3.05, 3.63) is 32.2 Å². The predicted octanol–water partition coefficient (Wildman–Crippen LogP) is 3.22. The molecule has 0 bridgehead atoms.